The molecule has 8 heteroatoms. The van der Waals surface area contributed by atoms with Gasteiger partial charge < -0.3 is 15.1 Å². The van der Waals surface area contributed by atoms with Crippen LogP contribution < -0.4 is 4.90 Å². The maximum absolute atomic E-state index is 11.1. The molecule has 0 aliphatic carbocycles. The number of hydrogen-bond acceptors (Lipinski definition) is 5. The lowest BCUT2D eigenvalue weighted by Gasteiger charge is -2.26. The SMILES string of the molecule is O=C(O)N1Cc2nc(Cl)nc(N3CCC[C@@H]3CO)c2C1. The van der Waals surface area contributed by atoms with Crippen molar-refractivity contribution >= 4 is 23.5 Å². The van der Waals surface area contributed by atoms with Crippen molar-refractivity contribution in [3.05, 3.63) is 16.5 Å². The van der Waals surface area contributed by atoms with Crippen molar-refractivity contribution < 1.29 is 15.0 Å². The fourth-order valence-corrected chi connectivity index (χ4v) is 3.07. The molecule has 1 fully saturated rings. The first-order valence-corrected chi connectivity index (χ1v) is 6.88. The van der Waals surface area contributed by atoms with Crippen molar-refractivity contribution in [3.8, 4) is 0 Å². The van der Waals surface area contributed by atoms with Crippen LogP contribution in [0, 0.1) is 0 Å². The van der Waals surface area contributed by atoms with E-state index in [2.05, 4.69) is 9.97 Å². The third-order valence-electron chi connectivity index (χ3n) is 3.86. The average Bonchev–Trinajstić information content (AvgIpc) is 3.03. The van der Waals surface area contributed by atoms with Crippen LogP contribution in [0.5, 0.6) is 0 Å². The molecule has 1 atom stereocenters. The van der Waals surface area contributed by atoms with Crippen LogP contribution in [0.2, 0.25) is 5.28 Å². The fraction of sp³-hybridized carbons (Fsp3) is 0.583. The zero-order valence-electron chi connectivity index (χ0n) is 10.8. The monoisotopic (exact) mass is 298 g/mol. The molecule has 0 spiro atoms. The van der Waals surface area contributed by atoms with Crippen LogP contribution in [-0.4, -0.2) is 50.4 Å². The molecule has 0 saturated carbocycles. The number of halogens is 1. The fourth-order valence-electron chi connectivity index (χ4n) is 2.89. The number of carboxylic acid groups (broad SMARTS) is 1. The summed E-state index contributed by atoms with van der Waals surface area (Å²) >= 11 is 5.95. The second-order valence-corrected chi connectivity index (χ2v) is 5.39. The predicted molar refractivity (Wildman–Crippen MR) is 71.8 cm³/mol. The largest absolute Gasteiger partial charge is 0.465 e. The number of amides is 1. The van der Waals surface area contributed by atoms with E-state index in [1.54, 1.807) is 0 Å². The summed E-state index contributed by atoms with van der Waals surface area (Å²) in [6.45, 7) is 1.35. The van der Waals surface area contributed by atoms with Crippen LogP contribution in [0.3, 0.4) is 0 Å². The van der Waals surface area contributed by atoms with E-state index in [-0.39, 0.29) is 31.0 Å². The van der Waals surface area contributed by atoms with Crippen LogP contribution in [0.15, 0.2) is 0 Å². The zero-order chi connectivity index (χ0) is 14.3. The van der Waals surface area contributed by atoms with Crippen molar-refractivity contribution in [1.82, 2.24) is 14.9 Å². The summed E-state index contributed by atoms with van der Waals surface area (Å²) in [6, 6.07) is 0.0175. The van der Waals surface area contributed by atoms with E-state index in [0.29, 0.717) is 11.5 Å². The first-order valence-electron chi connectivity index (χ1n) is 6.51. The molecular formula is C12H15ClN4O3. The van der Waals surface area contributed by atoms with E-state index in [0.717, 1.165) is 24.9 Å². The van der Waals surface area contributed by atoms with Gasteiger partial charge in [-0.2, -0.15) is 0 Å². The molecule has 20 heavy (non-hydrogen) atoms. The van der Waals surface area contributed by atoms with Crippen LogP contribution in [0.4, 0.5) is 10.6 Å². The Hall–Kier alpha value is -1.60. The summed E-state index contributed by atoms with van der Waals surface area (Å²) in [6.07, 6.45) is 0.894. The lowest BCUT2D eigenvalue weighted by atomic mass is 10.2. The Balaban J connectivity index is 1.99. The predicted octanol–water partition coefficient (Wildman–Crippen LogP) is 1.08. The molecule has 1 aromatic rings. The summed E-state index contributed by atoms with van der Waals surface area (Å²) in [5.74, 6) is 0.667. The highest BCUT2D eigenvalue weighted by atomic mass is 35.5. The van der Waals surface area contributed by atoms with Crippen LogP contribution in [0.25, 0.3) is 0 Å². The van der Waals surface area contributed by atoms with Crippen LogP contribution in [-0.2, 0) is 13.1 Å². The van der Waals surface area contributed by atoms with Gasteiger partial charge in [0.2, 0.25) is 5.28 Å². The summed E-state index contributed by atoms with van der Waals surface area (Å²) in [4.78, 5) is 22.8. The Morgan fingerprint density at radius 3 is 2.90 bits per heavy atom. The summed E-state index contributed by atoms with van der Waals surface area (Å²) < 4.78 is 0. The highest BCUT2D eigenvalue weighted by molar-refractivity contribution is 6.28. The van der Waals surface area contributed by atoms with Crippen LogP contribution >= 0.6 is 11.6 Å². The van der Waals surface area contributed by atoms with Gasteiger partial charge in [0.1, 0.15) is 5.82 Å². The number of nitrogens with zero attached hydrogens (tertiary/aromatic N) is 4. The van der Waals surface area contributed by atoms with Gasteiger partial charge in [0, 0.05) is 12.1 Å². The zero-order valence-corrected chi connectivity index (χ0v) is 11.5. The molecule has 1 aromatic heterocycles. The molecule has 2 aliphatic heterocycles. The number of aromatic nitrogens is 2. The second kappa shape index (κ2) is 5.06. The van der Waals surface area contributed by atoms with E-state index in [4.69, 9.17) is 16.7 Å². The summed E-state index contributed by atoms with van der Waals surface area (Å²) in [7, 11) is 0. The number of anilines is 1. The van der Waals surface area contributed by atoms with E-state index < -0.39 is 6.09 Å². The molecule has 1 amide bonds. The normalized spacial score (nSPS) is 21.4. The number of rotatable bonds is 2. The molecule has 1 saturated heterocycles. The minimum absolute atomic E-state index is 0.0175. The van der Waals surface area contributed by atoms with Gasteiger partial charge >= 0.3 is 6.09 Å². The number of aliphatic hydroxyl groups excluding tert-OH is 1. The molecular weight excluding hydrogens is 284 g/mol. The van der Waals surface area contributed by atoms with E-state index in [1.165, 1.54) is 4.90 Å². The first-order chi connectivity index (χ1) is 9.60. The van der Waals surface area contributed by atoms with Crippen LogP contribution in [0.1, 0.15) is 24.1 Å². The number of carbonyl (C=O) groups is 1. The van der Waals surface area contributed by atoms with Gasteiger partial charge in [-0.3, -0.25) is 4.90 Å². The van der Waals surface area contributed by atoms with E-state index in [9.17, 15) is 9.90 Å². The Morgan fingerprint density at radius 2 is 2.20 bits per heavy atom. The second-order valence-electron chi connectivity index (χ2n) is 5.05. The molecule has 2 aliphatic rings. The Morgan fingerprint density at radius 1 is 1.40 bits per heavy atom. The standard InChI is InChI=1S/C12H15ClN4O3/c13-11-14-9-5-16(12(19)20)4-8(9)10(15-11)17-3-1-2-7(17)6-18/h7,18H,1-6H2,(H,19,20)/t7-/m1/s1. The van der Waals surface area contributed by atoms with Gasteiger partial charge in [-0.05, 0) is 24.4 Å². The van der Waals surface area contributed by atoms with Crippen molar-refractivity contribution in [2.24, 2.45) is 0 Å². The smallest absolute Gasteiger partial charge is 0.407 e. The lowest BCUT2D eigenvalue weighted by molar-refractivity contribution is 0.145. The molecule has 3 heterocycles. The third kappa shape index (κ3) is 2.16. The van der Waals surface area contributed by atoms with E-state index >= 15 is 0 Å². The molecule has 3 rings (SSSR count). The van der Waals surface area contributed by atoms with Gasteiger partial charge in [0.15, 0.2) is 0 Å². The summed E-state index contributed by atoms with van der Waals surface area (Å²) in [5, 5.41) is 18.7. The first kappa shape index (κ1) is 13.4. The number of hydrogen-bond donors (Lipinski definition) is 2. The number of fused-ring (bicyclic) bond motifs is 1. The van der Waals surface area contributed by atoms with E-state index in [1.807, 2.05) is 4.90 Å². The molecule has 7 nitrogen and oxygen atoms in total. The third-order valence-corrected chi connectivity index (χ3v) is 4.03. The highest BCUT2D eigenvalue weighted by Crippen LogP contribution is 2.33. The van der Waals surface area contributed by atoms with Gasteiger partial charge in [-0.15, -0.1) is 0 Å². The molecule has 0 bridgehead atoms. The quantitative estimate of drug-likeness (QED) is 0.794. The molecule has 0 unspecified atom stereocenters. The Bertz CT molecular complexity index is 554. The maximum atomic E-state index is 11.1. The maximum Gasteiger partial charge on any atom is 0.407 e. The minimum Gasteiger partial charge on any atom is -0.465 e. The molecule has 0 aromatic carbocycles. The van der Waals surface area contributed by atoms with Crippen molar-refractivity contribution in [3.63, 3.8) is 0 Å². The van der Waals surface area contributed by atoms with Crippen molar-refractivity contribution in [2.75, 3.05) is 18.1 Å². The molecule has 108 valence electrons. The summed E-state index contributed by atoms with van der Waals surface area (Å²) in [5.41, 5.74) is 1.46. The minimum atomic E-state index is -0.981. The molecule has 2 N–H and O–H groups in total. The molecule has 0 radical (unpaired) electrons. The lowest BCUT2D eigenvalue weighted by Crippen LogP contribution is -2.34. The topological polar surface area (TPSA) is 89.8 Å². The van der Waals surface area contributed by atoms with Gasteiger partial charge in [-0.1, -0.05) is 0 Å². The highest BCUT2D eigenvalue weighted by Gasteiger charge is 2.33. The van der Waals surface area contributed by atoms with Gasteiger partial charge in [0.25, 0.3) is 0 Å². The average molecular weight is 299 g/mol. The Kier molecular flexibility index (Phi) is 3.39. The van der Waals surface area contributed by atoms with Crippen molar-refractivity contribution in [1.29, 1.82) is 0 Å². The van der Waals surface area contributed by atoms with Crippen molar-refractivity contribution in [2.45, 2.75) is 32.0 Å². The van der Waals surface area contributed by atoms with Gasteiger partial charge in [0.05, 0.1) is 31.4 Å². The number of aliphatic hydroxyl groups is 1. The van der Waals surface area contributed by atoms with Gasteiger partial charge in [-0.25, -0.2) is 14.8 Å². The Labute approximate surface area is 120 Å².